The van der Waals surface area contributed by atoms with Crippen LogP contribution in [0.3, 0.4) is 0 Å². The quantitative estimate of drug-likeness (QED) is 0.845. The fourth-order valence-electron chi connectivity index (χ4n) is 2.20. The van der Waals surface area contributed by atoms with Crippen LogP contribution in [0, 0.1) is 0 Å². The summed E-state index contributed by atoms with van der Waals surface area (Å²) in [6, 6.07) is 0. The zero-order valence-electron chi connectivity index (χ0n) is 10.6. The first kappa shape index (κ1) is 12.3. The Labute approximate surface area is 114 Å². The molecule has 1 amide bonds. The van der Waals surface area contributed by atoms with Gasteiger partial charge in [-0.05, 0) is 30.1 Å². The highest BCUT2D eigenvalue weighted by atomic mass is 32.2. The number of carbonyl (C=O) groups excluding carboxylic acids is 1. The van der Waals surface area contributed by atoms with Crippen LogP contribution in [0.1, 0.15) is 19.3 Å². The Morgan fingerprint density at radius 2 is 1.95 bits per heavy atom. The minimum Gasteiger partial charge on any atom is -0.306 e. The maximum absolute atomic E-state index is 11.9. The molecule has 0 aliphatic carbocycles. The van der Waals surface area contributed by atoms with Crippen molar-refractivity contribution in [3.05, 3.63) is 35.4 Å². The summed E-state index contributed by atoms with van der Waals surface area (Å²) in [5, 5.41) is 8.37. The second kappa shape index (κ2) is 5.52. The van der Waals surface area contributed by atoms with Crippen LogP contribution in [-0.2, 0) is 0 Å². The standard InChI is InChI=1S/C13H17N3O2S/c17-13(15-6-2-1-3-7-15)18-16-11-12(10-14-16)19-8-4-5-9-19/h4-5,8-11,19H,1-3,6-7H2. The summed E-state index contributed by atoms with van der Waals surface area (Å²) in [5.41, 5.74) is 0. The highest BCUT2D eigenvalue weighted by Gasteiger charge is 2.19. The highest BCUT2D eigenvalue weighted by molar-refractivity contribution is 8.22. The van der Waals surface area contributed by atoms with Gasteiger partial charge >= 0.3 is 6.09 Å². The molecule has 102 valence electrons. The van der Waals surface area contributed by atoms with Crippen molar-refractivity contribution < 1.29 is 9.63 Å². The Balaban J connectivity index is 1.61. The monoisotopic (exact) mass is 279 g/mol. The van der Waals surface area contributed by atoms with Crippen molar-refractivity contribution in [1.29, 1.82) is 0 Å². The van der Waals surface area contributed by atoms with Gasteiger partial charge in [-0.3, -0.25) is 4.84 Å². The van der Waals surface area contributed by atoms with Crippen LogP contribution in [0.4, 0.5) is 4.79 Å². The molecule has 1 aromatic heterocycles. The van der Waals surface area contributed by atoms with Crippen molar-refractivity contribution in [2.75, 3.05) is 13.1 Å². The number of aromatic nitrogens is 2. The summed E-state index contributed by atoms with van der Waals surface area (Å²) in [4.78, 5) is 21.3. The smallest absolute Gasteiger partial charge is 0.306 e. The van der Waals surface area contributed by atoms with Gasteiger partial charge in [-0.25, -0.2) is 4.79 Å². The minimum atomic E-state index is -0.408. The number of hydrogen-bond donors (Lipinski definition) is 1. The molecule has 0 aromatic carbocycles. The molecule has 1 aromatic rings. The SMILES string of the molecule is O=C(On1cc([SH]2C=CC=C2)cn1)N1CCCCC1. The second-order valence-electron chi connectivity index (χ2n) is 4.60. The van der Waals surface area contributed by atoms with Gasteiger partial charge in [-0.2, -0.15) is 10.9 Å². The lowest BCUT2D eigenvalue weighted by Gasteiger charge is -2.25. The number of thiol groups is 1. The maximum atomic E-state index is 11.9. The largest absolute Gasteiger partial charge is 0.435 e. The van der Waals surface area contributed by atoms with Crippen LogP contribution in [0.5, 0.6) is 0 Å². The average Bonchev–Trinajstić information content (AvgIpc) is 3.10. The molecule has 3 rings (SSSR count). The van der Waals surface area contributed by atoms with Gasteiger partial charge < -0.3 is 4.90 Å². The number of rotatable bonds is 2. The van der Waals surface area contributed by atoms with Gasteiger partial charge in [0.15, 0.2) is 0 Å². The van der Waals surface area contributed by atoms with E-state index < -0.39 is 10.9 Å². The summed E-state index contributed by atoms with van der Waals surface area (Å²) in [5.74, 6) is 0. The fourth-order valence-corrected chi connectivity index (χ4v) is 3.63. The van der Waals surface area contributed by atoms with Crippen LogP contribution in [0.25, 0.3) is 0 Å². The lowest BCUT2D eigenvalue weighted by atomic mass is 10.1. The third kappa shape index (κ3) is 2.84. The summed E-state index contributed by atoms with van der Waals surface area (Å²) >= 11 is 0. The molecule has 0 saturated carbocycles. The first-order valence-electron chi connectivity index (χ1n) is 6.48. The third-order valence-corrected chi connectivity index (χ3v) is 5.05. The second-order valence-corrected chi connectivity index (χ2v) is 6.52. The normalized spacial score (nSPS) is 20.0. The first-order valence-corrected chi connectivity index (χ1v) is 7.96. The summed E-state index contributed by atoms with van der Waals surface area (Å²) in [6.07, 6.45) is 10.6. The molecule has 6 heteroatoms. The zero-order valence-corrected chi connectivity index (χ0v) is 11.5. The molecule has 2 aliphatic rings. The van der Waals surface area contributed by atoms with E-state index >= 15 is 0 Å². The number of amides is 1. The van der Waals surface area contributed by atoms with Crippen molar-refractivity contribution >= 4 is 17.0 Å². The zero-order chi connectivity index (χ0) is 13.1. The fraction of sp³-hybridized carbons (Fsp3) is 0.385. The van der Waals surface area contributed by atoms with E-state index in [1.807, 2.05) is 12.2 Å². The molecule has 0 bridgehead atoms. The van der Waals surface area contributed by atoms with E-state index in [1.54, 1.807) is 17.3 Å². The number of nitrogens with zero attached hydrogens (tertiary/aromatic N) is 3. The molecule has 5 nitrogen and oxygen atoms in total. The molecular weight excluding hydrogens is 262 g/mol. The number of piperidine rings is 1. The van der Waals surface area contributed by atoms with E-state index in [1.165, 1.54) is 11.3 Å². The molecule has 0 atom stereocenters. The molecule has 2 aliphatic heterocycles. The van der Waals surface area contributed by atoms with E-state index in [4.69, 9.17) is 4.84 Å². The van der Waals surface area contributed by atoms with Gasteiger partial charge in [0.2, 0.25) is 0 Å². The number of hydrogen-bond acceptors (Lipinski definition) is 3. The lowest BCUT2D eigenvalue weighted by molar-refractivity contribution is 0.0728. The molecule has 1 fully saturated rings. The van der Waals surface area contributed by atoms with Crippen molar-refractivity contribution in [1.82, 2.24) is 14.8 Å². The summed E-state index contributed by atoms with van der Waals surface area (Å²) in [6.45, 7) is 1.57. The van der Waals surface area contributed by atoms with Gasteiger partial charge in [0.25, 0.3) is 0 Å². The predicted molar refractivity (Wildman–Crippen MR) is 75.2 cm³/mol. The van der Waals surface area contributed by atoms with Crippen LogP contribution >= 0.6 is 10.9 Å². The Hall–Kier alpha value is -1.69. The topological polar surface area (TPSA) is 47.4 Å². The Morgan fingerprint density at radius 1 is 1.21 bits per heavy atom. The number of allylic oxidation sites excluding steroid dienone is 2. The molecular formula is C13H17N3O2S. The maximum Gasteiger partial charge on any atom is 0.435 e. The molecule has 1 saturated heterocycles. The van der Waals surface area contributed by atoms with Crippen LogP contribution in [0.15, 0.2) is 40.3 Å². The van der Waals surface area contributed by atoms with Gasteiger partial charge in [0.05, 0.1) is 12.4 Å². The molecule has 19 heavy (non-hydrogen) atoms. The Bertz CT molecular complexity index is 506. The molecule has 0 radical (unpaired) electrons. The summed E-state index contributed by atoms with van der Waals surface area (Å²) < 4.78 is 0. The summed E-state index contributed by atoms with van der Waals surface area (Å²) in [7, 11) is -0.408. The van der Waals surface area contributed by atoms with E-state index in [2.05, 4.69) is 15.9 Å². The minimum absolute atomic E-state index is 0.306. The number of likely N-dealkylation sites (tertiary alicyclic amines) is 1. The van der Waals surface area contributed by atoms with E-state index in [9.17, 15) is 4.79 Å². The van der Waals surface area contributed by atoms with Crippen LogP contribution < -0.4 is 4.84 Å². The molecule has 3 heterocycles. The predicted octanol–water partition coefficient (Wildman–Crippen LogP) is 2.32. The van der Waals surface area contributed by atoms with Crippen molar-refractivity contribution in [3.8, 4) is 0 Å². The van der Waals surface area contributed by atoms with Gasteiger partial charge in [-0.1, -0.05) is 17.0 Å². The first-order chi connectivity index (χ1) is 9.33. The van der Waals surface area contributed by atoms with E-state index in [-0.39, 0.29) is 6.09 Å². The third-order valence-electron chi connectivity index (χ3n) is 3.23. The molecule has 0 spiro atoms. The Morgan fingerprint density at radius 3 is 2.68 bits per heavy atom. The lowest BCUT2D eigenvalue weighted by Crippen LogP contribution is -2.40. The van der Waals surface area contributed by atoms with E-state index in [0.29, 0.717) is 0 Å². The highest BCUT2D eigenvalue weighted by Crippen LogP contribution is 2.41. The molecule has 0 unspecified atom stereocenters. The Kier molecular flexibility index (Phi) is 3.59. The van der Waals surface area contributed by atoms with Crippen LogP contribution in [-0.4, -0.2) is 34.0 Å². The van der Waals surface area contributed by atoms with Crippen LogP contribution in [0.2, 0.25) is 0 Å². The molecule has 0 N–H and O–H groups in total. The van der Waals surface area contributed by atoms with Gasteiger partial charge in [0, 0.05) is 18.0 Å². The van der Waals surface area contributed by atoms with Gasteiger partial charge in [-0.15, -0.1) is 5.10 Å². The van der Waals surface area contributed by atoms with E-state index in [0.717, 1.165) is 30.8 Å². The van der Waals surface area contributed by atoms with Crippen molar-refractivity contribution in [2.45, 2.75) is 24.2 Å². The average molecular weight is 279 g/mol. The van der Waals surface area contributed by atoms with Gasteiger partial charge in [0.1, 0.15) is 0 Å². The van der Waals surface area contributed by atoms with Crippen molar-refractivity contribution in [2.24, 2.45) is 0 Å². The number of carbonyl (C=O) groups is 1. The van der Waals surface area contributed by atoms with Crippen molar-refractivity contribution in [3.63, 3.8) is 0 Å².